The minimum atomic E-state index is 0.261. The van der Waals surface area contributed by atoms with Crippen LogP contribution in [0, 0.1) is 0 Å². The van der Waals surface area contributed by atoms with Crippen molar-refractivity contribution in [2.45, 2.75) is 32.0 Å². The molecule has 0 radical (unpaired) electrons. The van der Waals surface area contributed by atoms with Crippen LogP contribution in [0.5, 0.6) is 0 Å². The predicted molar refractivity (Wildman–Crippen MR) is 73.4 cm³/mol. The van der Waals surface area contributed by atoms with Gasteiger partial charge in [0.05, 0.1) is 12.7 Å². The number of ether oxygens (including phenoxy) is 1. The van der Waals surface area contributed by atoms with Crippen LogP contribution in [0.4, 0.5) is 0 Å². The van der Waals surface area contributed by atoms with E-state index in [0.29, 0.717) is 12.5 Å². The van der Waals surface area contributed by atoms with E-state index in [4.69, 9.17) is 4.74 Å². The lowest BCUT2D eigenvalue weighted by Gasteiger charge is -2.13. The normalized spacial score (nSPS) is 21.8. The molecule has 0 bridgehead atoms. The van der Waals surface area contributed by atoms with Crippen LogP contribution in [-0.4, -0.2) is 0 Å². The van der Waals surface area contributed by atoms with Gasteiger partial charge in [-0.2, -0.15) is 0 Å². The van der Waals surface area contributed by atoms with Crippen molar-refractivity contribution in [3.05, 3.63) is 71.3 Å². The van der Waals surface area contributed by atoms with Gasteiger partial charge in [-0.15, -0.1) is 0 Å². The summed E-state index contributed by atoms with van der Waals surface area (Å²) in [6.45, 7) is 2.98. The summed E-state index contributed by atoms with van der Waals surface area (Å²) in [6, 6.07) is 19.0. The van der Waals surface area contributed by atoms with Gasteiger partial charge in [-0.25, -0.2) is 0 Å². The van der Waals surface area contributed by atoms with E-state index in [9.17, 15) is 0 Å². The second-order valence-electron chi connectivity index (χ2n) is 5.05. The third kappa shape index (κ3) is 2.19. The van der Waals surface area contributed by atoms with Gasteiger partial charge in [-0.1, -0.05) is 61.5 Å². The molecule has 0 aliphatic heterocycles. The fourth-order valence-electron chi connectivity index (χ4n) is 2.76. The second kappa shape index (κ2) is 4.95. The fraction of sp³-hybridized carbons (Fsp3) is 0.294. The van der Waals surface area contributed by atoms with E-state index in [0.717, 1.165) is 6.42 Å². The average molecular weight is 238 g/mol. The molecule has 2 unspecified atom stereocenters. The Morgan fingerprint density at radius 1 is 0.944 bits per heavy atom. The van der Waals surface area contributed by atoms with Gasteiger partial charge in [0.1, 0.15) is 0 Å². The SMILES string of the molecule is CC1CC(OCc2ccccc2)c2ccccc21. The van der Waals surface area contributed by atoms with Gasteiger partial charge in [0.2, 0.25) is 0 Å². The fourth-order valence-corrected chi connectivity index (χ4v) is 2.76. The first-order valence-electron chi connectivity index (χ1n) is 6.59. The number of fused-ring (bicyclic) bond motifs is 1. The zero-order valence-corrected chi connectivity index (χ0v) is 10.7. The number of rotatable bonds is 3. The van der Waals surface area contributed by atoms with E-state index in [1.807, 2.05) is 6.07 Å². The molecule has 2 atom stereocenters. The molecule has 1 aliphatic rings. The first-order valence-corrected chi connectivity index (χ1v) is 6.59. The summed E-state index contributed by atoms with van der Waals surface area (Å²) in [6.07, 6.45) is 1.36. The molecule has 0 saturated heterocycles. The minimum Gasteiger partial charge on any atom is -0.369 e. The number of hydrogen-bond donors (Lipinski definition) is 0. The largest absolute Gasteiger partial charge is 0.369 e. The van der Waals surface area contributed by atoms with Gasteiger partial charge >= 0.3 is 0 Å². The van der Waals surface area contributed by atoms with Crippen LogP contribution in [-0.2, 0) is 11.3 Å². The van der Waals surface area contributed by atoms with Gasteiger partial charge < -0.3 is 4.74 Å². The van der Waals surface area contributed by atoms with Crippen LogP contribution >= 0.6 is 0 Å². The van der Waals surface area contributed by atoms with Gasteiger partial charge in [-0.05, 0) is 29.0 Å². The van der Waals surface area contributed by atoms with Crippen molar-refractivity contribution in [2.75, 3.05) is 0 Å². The molecule has 2 aromatic rings. The van der Waals surface area contributed by atoms with E-state index in [-0.39, 0.29) is 6.10 Å². The molecule has 1 aliphatic carbocycles. The average Bonchev–Trinajstić information content (AvgIpc) is 2.75. The summed E-state index contributed by atoms with van der Waals surface area (Å²) < 4.78 is 6.09. The van der Waals surface area contributed by atoms with E-state index >= 15 is 0 Å². The lowest BCUT2D eigenvalue weighted by Crippen LogP contribution is -2.00. The number of hydrogen-bond acceptors (Lipinski definition) is 1. The first kappa shape index (κ1) is 11.5. The molecule has 1 nitrogen and oxygen atoms in total. The van der Waals surface area contributed by atoms with Crippen molar-refractivity contribution in [2.24, 2.45) is 0 Å². The topological polar surface area (TPSA) is 9.23 Å². The van der Waals surface area contributed by atoms with Crippen molar-refractivity contribution in [1.29, 1.82) is 0 Å². The lowest BCUT2D eigenvalue weighted by atomic mass is 10.0. The van der Waals surface area contributed by atoms with E-state index in [1.54, 1.807) is 0 Å². The Morgan fingerprint density at radius 3 is 2.39 bits per heavy atom. The zero-order chi connectivity index (χ0) is 12.4. The van der Waals surface area contributed by atoms with Crippen LogP contribution in [0.3, 0.4) is 0 Å². The highest BCUT2D eigenvalue weighted by Gasteiger charge is 2.28. The molecular weight excluding hydrogens is 220 g/mol. The Morgan fingerprint density at radius 2 is 1.61 bits per heavy atom. The summed E-state index contributed by atoms with van der Waals surface area (Å²) in [7, 11) is 0. The molecule has 2 aromatic carbocycles. The summed E-state index contributed by atoms with van der Waals surface area (Å²) in [5, 5.41) is 0. The smallest absolute Gasteiger partial charge is 0.0838 e. The van der Waals surface area contributed by atoms with Crippen molar-refractivity contribution in [3.8, 4) is 0 Å². The molecule has 18 heavy (non-hydrogen) atoms. The maximum absolute atomic E-state index is 6.09. The van der Waals surface area contributed by atoms with Gasteiger partial charge in [0.15, 0.2) is 0 Å². The summed E-state index contributed by atoms with van der Waals surface area (Å²) in [4.78, 5) is 0. The summed E-state index contributed by atoms with van der Waals surface area (Å²) in [5.41, 5.74) is 4.08. The molecule has 92 valence electrons. The van der Waals surface area contributed by atoms with Crippen LogP contribution in [0.25, 0.3) is 0 Å². The molecule has 0 fully saturated rings. The van der Waals surface area contributed by atoms with Crippen molar-refractivity contribution < 1.29 is 4.74 Å². The van der Waals surface area contributed by atoms with Gasteiger partial charge in [0, 0.05) is 0 Å². The van der Waals surface area contributed by atoms with E-state index < -0.39 is 0 Å². The van der Waals surface area contributed by atoms with E-state index in [1.165, 1.54) is 16.7 Å². The highest BCUT2D eigenvalue weighted by atomic mass is 16.5. The molecule has 0 N–H and O–H groups in total. The Hall–Kier alpha value is -1.60. The molecule has 0 saturated carbocycles. The predicted octanol–water partition coefficient (Wildman–Crippen LogP) is 4.45. The monoisotopic (exact) mass is 238 g/mol. The van der Waals surface area contributed by atoms with Crippen LogP contribution in [0.1, 0.15) is 42.1 Å². The van der Waals surface area contributed by atoms with Crippen molar-refractivity contribution in [3.63, 3.8) is 0 Å². The maximum atomic E-state index is 6.09. The Balaban J connectivity index is 1.72. The molecule has 0 aromatic heterocycles. The zero-order valence-electron chi connectivity index (χ0n) is 10.7. The quantitative estimate of drug-likeness (QED) is 0.767. The summed E-state index contributed by atoms with van der Waals surface area (Å²) >= 11 is 0. The van der Waals surface area contributed by atoms with Gasteiger partial charge in [-0.3, -0.25) is 0 Å². The Labute approximate surface area is 108 Å². The van der Waals surface area contributed by atoms with E-state index in [2.05, 4.69) is 55.5 Å². The molecule has 0 amide bonds. The first-order chi connectivity index (χ1) is 8.84. The molecular formula is C17H18O. The molecule has 0 heterocycles. The van der Waals surface area contributed by atoms with Crippen LogP contribution < -0.4 is 0 Å². The maximum Gasteiger partial charge on any atom is 0.0838 e. The third-order valence-corrected chi connectivity index (χ3v) is 3.74. The minimum absolute atomic E-state index is 0.261. The number of benzene rings is 2. The van der Waals surface area contributed by atoms with Crippen LogP contribution in [0.2, 0.25) is 0 Å². The van der Waals surface area contributed by atoms with Crippen molar-refractivity contribution >= 4 is 0 Å². The molecule has 1 heteroatoms. The van der Waals surface area contributed by atoms with Crippen molar-refractivity contribution in [1.82, 2.24) is 0 Å². The Kier molecular flexibility index (Phi) is 3.16. The highest BCUT2D eigenvalue weighted by molar-refractivity contribution is 5.36. The van der Waals surface area contributed by atoms with Gasteiger partial charge in [0.25, 0.3) is 0 Å². The van der Waals surface area contributed by atoms with Crippen LogP contribution in [0.15, 0.2) is 54.6 Å². The highest BCUT2D eigenvalue weighted by Crippen LogP contribution is 2.42. The third-order valence-electron chi connectivity index (χ3n) is 3.74. The standard InChI is InChI=1S/C17H18O/c1-13-11-17(16-10-6-5-9-15(13)16)18-12-14-7-3-2-4-8-14/h2-10,13,17H,11-12H2,1H3. The molecule has 0 spiro atoms. The molecule has 3 rings (SSSR count). The lowest BCUT2D eigenvalue weighted by molar-refractivity contribution is 0.0385. The summed E-state index contributed by atoms with van der Waals surface area (Å²) in [5.74, 6) is 0.613. The Bertz CT molecular complexity index is 518. The second-order valence-corrected chi connectivity index (χ2v) is 5.05.